The standard InChI is InChI=1S/C13H13Cl2NO3S/c1-3-5-16(6-4-2)13(17)10-7-11(14)9-12(8-10)20(15,18)19/h3-4,7-9H,1-2,5-6H2. The van der Waals surface area contributed by atoms with E-state index in [2.05, 4.69) is 13.2 Å². The Balaban J connectivity index is 3.24. The lowest BCUT2D eigenvalue weighted by molar-refractivity contribution is 0.0790. The molecule has 4 nitrogen and oxygen atoms in total. The molecule has 1 rings (SSSR count). The topological polar surface area (TPSA) is 54.5 Å². The van der Waals surface area contributed by atoms with Crippen molar-refractivity contribution >= 4 is 37.2 Å². The van der Waals surface area contributed by atoms with Crippen molar-refractivity contribution in [2.45, 2.75) is 4.90 Å². The van der Waals surface area contributed by atoms with Crippen molar-refractivity contribution < 1.29 is 13.2 Å². The molecule has 0 unspecified atom stereocenters. The molecule has 1 amide bonds. The molecule has 0 aliphatic rings. The Bertz CT molecular complexity index is 631. The molecule has 0 heterocycles. The lowest BCUT2D eigenvalue weighted by Gasteiger charge is -2.19. The van der Waals surface area contributed by atoms with Gasteiger partial charge in [0.2, 0.25) is 0 Å². The van der Waals surface area contributed by atoms with Crippen LogP contribution in [-0.4, -0.2) is 32.3 Å². The van der Waals surface area contributed by atoms with Crippen LogP contribution in [0.25, 0.3) is 0 Å². The highest BCUT2D eigenvalue weighted by Gasteiger charge is 2.18. The van der Waals surface area contributed by atoms with Gasteiger partial charge in [-0.25, -0.2) is 8.42 Å². The van der Waals surface area contributed by atoms with E-state index in [0.717, 1.165) is 0 Å². The fourth-order valence-corrected chi connectivity index (χ4v) is 2.66. The van der Waals surface area contributed by atoms with Crippen molar-refractivity contribution in [1.82, 2.24) is 4.90 Å². The summed E-state index contributed by atoms with van der Waals surface area (Å²) in [6.07, 6.45) is 3.12. The fourth-order valence-electron chi connectivity index (χ4n) is 1.56. The molecule has 0 saturated heterocycles. The van der Waals surface area contributed by atoms with E-state index in [0.29, 0.717) is 13.1 Å². The summed E-state index contributed by atoms with van der Waals surface area (Å²) in [6, 6.07) is 3.76. The second kappa shape index (κ2) is 6.92. The predicted molar refractivity (Wildman–Crippen MR) is 80.8 cm³/mol. The second-order valence-corrected chi connectivity index (χ2v) is 6.90. The number of nitrogens with zero attached hydrogens (tertiary/aromatic N) is 1. The van der Waals surface area contributed by atoms with Gasteiger partial charge in [-0.2, -0.15) is 0 Å². The average Bonchev–Trinajstić information content (AvgIpc) is 2.36. The van der Waals surface area contributed by atoms with Crippen molar-refractivity contribution in [1.29, 1.82) is 0 Å². The zero-order chi connectivity index (χ0) is 15.3. The van der Waals surface area contributed by atoms with Gasteiger partial charge in [0.1, 0.15) is 0 Å². The smallest absolute Gasteiger partial charge is 0.261 e. The molecule has 1 aromatic carbocycles. The first kappa shape index (κ1) is 16.8. The minimum atomic E-state index is -3.95. The molecule has 20 heavy (non-hydrogen) atoms. The molecule has 0 aromatic heterocycles. The van der Waals surface area contributed by atoms with Crippen LogP contribution in [0.3, 0.4) is 0 Å². The van der Waals surface area contributed by atoms with Crippen molar-refractivity contribution in [3.63, 3.8) is 0 Å². The van der Waals surface area contributed by atoms with E-state index in [1.165, 1.54) is 23.1 Å². The largest absolute Gasteiger partial charge is 0.331 e. The number of hydrogen-bond donors (Lipinski definition) is 0. The molecule has 0 radical (unpaired) electrons. The highest BCUT2D eigenvalue weighted by molar-refractivity contribution is 8.13. The summed E-state index contributed by atoms with van der Waals surface area (Å²) in [4.78, 5) is 13.5. The molecular weight excluding hydrogens is 321 g/mol. The molecule has 0 aliphatic carbocycles. The van der Waals surface area contributed by atoms with Crippen LogP contribution in [0, 0.1) is 0 Å². The summed E-state index contributed by atoms with van der Waals surface area (Å²) < 4.78 is 22.7. The van der Waals surface area contributed by atoms with E-state index in [1.807, 2.05) is 0 Å². The SMILES string of the molecule is C=CCN(CC=C)C(=O)c1cc(Cl)cc(S(=O)(=O)Cl)c1. The molecule has 0 saturated carbocycles. The maximum Gasteiger partial charge on any atom is 0.261 e. The monoisotopic (exact) mass is 333 g/mol. The van der Waals surface area contributed by atoms with E-state index in [-0.39, 0.29) is 21.4 Å². The highest BCUT2D eigenvalue weighted by Crippen LogP contribution is 2.23. The number of rotatable bonds is 6. The normalized spacial score (nSPS) is 10.9. The fraction of sp³-hybridized carbons (Fsp3) is 0.154. The number of halogens is 2. The second-order valence-electron chi connectivity index (χ2n) is 3.90. The molecule has 0 bridgehead atoms. The van der Waals surface area contributed by atoms with Gasteiger partial charge >= 0.3 is 0 Å². The summed E-state index contributed by atoms with van der Waals surface area (Å²) in [5.41, 5.74) is 0.139. The van der Waals surface area contributed by atoms with Gasteiger partial charge in [0.25, 0.3) is 15.0 Å². The molecule has 0 atom stereocenters. The summed E-state index contributed by atoms with van der Waals surface area (Å²) in [6.45, 7) is 7.74. The van der Waals surface area contributed by atoms with Crippen LogP contribution >= 0.6 is 22.3 Å². The lowest BCUT2D eigenvalue weighted by atomic mass is 10.2. The molecule has 7 heteroatoms. The van der Waals surface area contributed by atoms with Crippen LogP contribution < -0.4 is 0 Å². The van der Waals surface area contributed by atoms with Gasteiger partial charge < -0.3 is 4.90 Å². The summed E-state index contributed by atoms with van der Waals surface area (Å²) >= 11 is 5.82. The first-order valence-electron chi connectivity index (χ1n) is 5.56. The van der Waals surface area contributed by atoms with E-state index in [4.69, 9.17) is 22.3 Å². The van der Waals surface area contributed by atoms with Gasteiger partial charge in [0.05, 0.1) is 4.90 Å². The van der Waals surface area contributed by atoms with Crippen LogP contribution in [0.2, 0.25) is 5.02 Å². The Labute approximate surface area is 127 Å². The zero-order valence-corrected chi connectivity index (χ0v) is 12.9. The van der Waals surface area contributed by atoms with Gasteiger partial charge in [0, 0.05) is 34.4 Å². The third-order valence-electron chi connectivity index (χ3n) is 2.39. The molecular formula is C13H13Cl2NO3S. The van der Waals surface area contributed by atoms with Crippen molar-refractivity contribution in [3.8, 4) is 0 Å². The minimum Gasteiger partial charge on any atom is -0.331 e. The quantitative estimate of drug-likeness (QED) is 0.593. The van der Waals surface area contributed by atoms with Crippen LogP contribution in [0.15, 0.2) is 48.4 Å². The van der Waals surface area contributed by atoms with Crippen LogP contribution in [0.4, 0.5) is 0 Å². The molecule has 0 spiro atoms. The maximum atomic E-state index is 12.3. The van der Waals surface area contributed by atoms with E-state index < -0.39 is 9.05 Å². The Hall–Kier alpha value is -1.30. The summed E-state index contributed by atoms with van der Waals surface area (Å²) in [7, 11) is 1.31. The Morgan fingerprint density at radius 3 is 2.20 bits per heavy atom. The molecule has 0 N–H and O–H groups in total. The Morgan fingerprint density at radius 2 is 1.75 bits per heavy atom. The zero-order valence-electron chi connectivity index (χ0n) is 10.6. The van der Waals surface area contributed by atoms with Gasteiger partial charge in [-0.15, -0.1) is 13.2 Å². The number of benzene rings is 1. The Morgan fingerprint density at radius 1 is 1.20 bits per heavy atom. The van der Waals surface area contributed by atoms with Crippen molar-refractivity contribution in [2.24, 2.45) is 0 Å². The van der Waals surface area contributed by atoms with Crippen molar-refractivity contribution in [3.05, 3.63) is 54.1 Å². The van der Waals surface area contributed by atoms with Gasteiger partial charge in [-0.1, -0.05) is 23.8 Å². The van der Waals surface area contributed by atoms with E-state index >= 15 is 0 Å². The van der Waals surface area contributed by atoms with Crippen molar-refractivity contribution in [2.75, 3.05) is 13.1 Å². The van der Waals surface area contributed by atoms with Gasteiger partial charge in [-0.05, 0) is 18.2 Å². The van der Waals surface area contributed by atoms with Crippen LogP contribution in [0.1, 0.15) is 10.4 Å². The maximum absolute atomic E-state index is 12.3. The Kier molecular flexibility index (Phi) is 5.80. The highest BCUT2D eigenvalue weighted by atomic mass is 35.7. The third kappa shape index (κ3) is 4.37. The first-order chi connectivity index (χ1) is 9.29. The van der Waals surface area contributed by atoms with E-state index in [1.54, 1.807) is 12.2 Å². The van der Waals surface area contributed by atoms with E-state index in [9.17, 15) is 13.2 Å². The number of hydrogen-bond acceptors (Lipinski definition) is 3. The lowest BCUT2D eigenvalue weighted by Crippen LogP contribution is -2.31. The van der Waals surface area contributed by atoms with Gasteiger partial charge in [0.15, 0.2) is 0 Å². The van der Waals surface area contributed by atoms with Crippen LogP contribution in [-0.2, 0) is 9.05 Å². The molecule has 1 aromatic rings. The number of carbonyl (C=O) groups excluding carboxylic acids is 1. The molecule has 0 aliphatic heterocycles. The summed E-state index contributed by atoms with van der Waals surface area (Å²) in [5, 5.41) is 0.118. The van der Waals surface area contributed by atoms with Gasteiger partial charge in [-0.3, -0.25) is 4.79 Å². The average molecular weight is 334 g/mol. The third-order valence-corrected chi connectivity index (χ3v) is 3.94. The first-order valence-corrected chi connectivity index (χ1v) is 8.24. The molecule has 108 valence electrons. The predicted octanol–water partition coefficient (Wildman–Crippen LogP) is 3.08. The summed E-state index contributed by atoms with van der Waals surface area (Å²) in [5.74, 6) is -0.381. The number of carbonyl (C=O) groups is 1. The number of amides is 1. The van der Waals surface area contributed by atoms with Crippen LogP contribution in [0.5, 0.6) is 0 Å². The minimum absolute atomic E-state index is 0.118. The molecule has 0 fully saturated rings.